The van der Waals surface area contributed by atoms with E-state index in [2.05, 4.69) is 27.3 Å². The van der Waals surface area contributed by atoms with E-state index in [0.29, 0.717) is 0 Å². The SMILES string of the molecule is CCC/C(C)=N\NC(=O)Cc1csc(N2CCOCC2)n1. The second-order valence-electron chi connectivity index (χ2n) is 5.03. The number of carbonyl (C=O) groups excluding carboxylic acids is 1. The van der Waals surface area contributed by atoms with Crippen molar-refractivity contribution in [3.05, 3.63) is 11.1 Å². The molecule has 6 nitrogen and oxygen atoms in total. The molecule has 1 aliphatic heterocycles. The van der Waals surface area contributed by atoms with E-state index in [0.717, 1.165) is 55.7 Å². The van der Waals surface area contributed by atoms with E-state index in [1.54, 1.807) is 11.3 Å². The van der Waals surface area contributed by atoms with Crippen LogP contribution in [0.4, 0.5) is 5.13 Å². The number of carbonyl (C=O) groups is 1. The minimum atomic E-state index is -0.121. The van der Waals surface area contributed by atoms with Crippen LogP contribution >= 0.6 is 11.3 Å². The van der Waals surface area contributed by atoms with Gasteiger partial charge in [-0.15, -0.1) is 11.3 Å². The van der Waals surface area contributed by atoms with Gasteiger partial charge in [0.1, 0.15) is 0 Å². The Labute approximate surface area is 129 Å². The summed E-state index contributed by atoms with van der Waals surface area (Å²) in [7, 11) is 0. The van der Waals surface area contributed by atoms with Gasteiger partial charge in [0.05, 0.1) is 25.3 Å². The van der Waals surface area contributed by atoms with Gasteiger partial charge < -0.3 is 9.64 Å². The highest BCUT2D eigenvalue weighted by Crippen LogP contribution is 2.21. The molecule has 2 heterocycles. The molecule has 0 atom stereocenters. The topological polar surface area (TPSA) is 66.8 Å². The first kappa shape index (κ1) is 15.9. The summed E-state index contributed by atoms with van der Waals surface area (Å²) >= 11 is 1.57. The molecule has 1 amide bonds. The third-order valence-corrected chi connectivity index (χ3v) is 4.10. The quantitative estimate of drug-likeness (QED) is 0.643. The number of nitrogens with one attached hydrogen (secondary N) is 1. The molecule has 0 radical (unpaired) electrons. The van der Waals surface area contributed by atoms with E-state index in [-0.39, 0.29) is 12.3 Å². The molecule has 0 spiro atoms. The lowest BCUT2D eigenvalue weighted by Gasteiger charge is -2.26. The van der Waals surface area contributed by atoms with Crippen LogP contribution < -0.4 is 10.3 Å². The molecule has 1 aromatic rings. The van der Waals surface area contributed by atoms with Gasteiger partial charge >= 0.3 is 0 Å². The summed E-state index contributed by atoms with van der Waals surface area (Å²) in [6.07, 6.45) is 2.20. The molecule has 2 rings (SSSR count). The molecule has 0 aliphatic carbocycles. The third kappa shape index (κ3) is 5.09. The average Bonchev–Trinajstić information content (AvgIpc) is 2.95. The van der Waals surface area contributed by atoms with Gasteiger partial charge in [-0.25, -0.2) is 10.4 Å². The van der Waals surface area contributed by atoms with Crippen molar-refractivity contribution in [1.29, 1.82) is 0 Å². The summed E-state index contributed by atoms with van der Waals surface area (Å²) in [6.45, 7) is 7.20. The third-order valence-electron chi connectivity index (χ3n) is 3.15. The first-order valence-corrected chi connectivity index (χ1v) is 8.16. The van der Waals surface area contributed by atoms with Crippen LogP contribution in [0.1, 0.15) is 32.4 Å². The monoisotopic (exact) mass is 310 g/mol. The number of aromatic nitrogens is 1. The maximum atomic E-state index is 11.8. The Kier molecular flexibility index (Phi) is 6.13. The van der Waals surface area contributed by atoms with Crippen molar-refractivity contribution >= 4 is 28.1 Å². The second kappa shape index (κ2) is 8.09. The van der Waals surface area contributed by atoms with Gasteiger partial charge in [0.2, 0.25) is 5.91 Å². The molecular weight excluding hydrogens is 288 g/mol. The predicted octanol–water partition coefficient (Wildman–Crippen LogP) is 1.81. The molecular formula is C14H22N4O2S. The molecule has 1 aliphatic rings. The molecule has 7 heteroatoms. The highest BCUT2D eigenvalue weighted by atomic mass is 32.1. The van der Waals surface area contributed by atoms with Crippen LogP contribution in [0, 0.1) is 0 Å². The number of amides is 1. The van der Waals surface area contributed by atoms with E-state index < -0.39 is 0 Å². The van der Waals surface area contributed by atoms with Crippen LogP contribution in [0.15, 0.2) is 10.5 Å². The van der Waals surface area contributed by atoms with Gasteiger partial charge in [0.15, 0.2) is 5.13 Å². The number of hydrazone groups is 1. The largest absolute Gasteiger partial charge is 0.378 e. The van der Waals surface area contributed by atoms with Gasteiger partial charge in [-0.2, -0.15) is 5.10 Å². The Hall–Kier alpha value is -1.47. The summed E-state index contributed by atoms with van der Waals surface area (Å²) in [5.74, 6) is -0.121. The zero-order valence-electron chi connectivity index (χ0n) is 12.6. The number of nitrogens with zero attached hydrogens (tertiary/aromatic N) is 3. The number of rotatable bonds is 6. The molecule has 21 heavy (non-hydrogen) atoms. The summed E-state index contributed by atoms with van der Waals surface area (Å²) < 4.78 is 5.32. The highest BCUT2D eigenvalue weighted by Gasteiger charge is 2.15. The van der Waals surface area contributed by atoms with E-state index in [1.807, 2.05) is 12.3 Å². The van der Waals surface area contributed by atoms with Crippen molar-refractivity contribution in [1.82, 2.24) is 10.4 Å². The fraction of sp³-hybridized carbons (Fsp3) is 0.643. The minimum Gasteiger partial charge on any atom is -0.378 e. The maximum Gasteiger partial charge on any atom is 0.246 e. The lowest BCUT2D eigenvalue weighted by Crippen LogP contribution is -2.36. The summed E-state index contributed by atoms with van der Waals surface area (Å²) in [4.78, 5) is 18.5. The van der Waals surface area contributed by atoms with Crippen LogP contribution in [0.3, 0.4) is 0 Å². The Morgan fingerprint density at radius 3 is 3.00 bits per heavy atom. The minimum absolute atomic E-state index is 0.121. The number of anilines is 1. The summed E-state index contributed by atoms with van der Waals surface area (Å²) in [5.41, 5.74) is 4.32. The normalized spacial score (nSPS) is 16.1. The van der Waals surface area contributed by atoms with Crippen LogP contribution in [0.5, 0.6) is 0 Å². The van der Waals surface area contributed by atoms with E-state index in [4.69, 9.17) is 4.74 Å². The van der Waals surface area contributed by atoms with Gasteiger partial charge in [0.25, 0.3) is 0 Å². The number of hydrogen-bond acceptors (Lipinski definition) is 6. The molecule has 0 aromatic carbocycles. The number of hydrogen-bond donors (Lipinski definition) is 1. The summed E-state index contributed by atoms with van der Waals surface area (Å²) in [6, 6.07) is 0. The second-order valence-corrected chi connectivity index (χ2v) is 5.87. The summed E-state index contributed by atoms with van der Waals surface area (Å²) in [5, 5.41) is 6.97. The van der Waals surface area contributed by atoms with Crippen LogP contribution in [0.2, 0.25) is 0 Å². The Balaban J connectivity index is 1.84. The lowest BCUT2D eigenvalue weighted by atomic mass is 10.2. The van der Waals surface area contributed by atoms with Crippen LogP contribution in [0.25, 0.3) is 0 Å². The first-order chi connectivity index (χ1) is 10.2. The van der Waals surface area contributed by atoms with Crippen molar-refractivity contribution in [3.8, 4) is 0 Å². The molecule has 116 valence electrons. The smallest absolute Gasteiger partial charge is 0.246 e. The van der Waals surface area contributed by atoms with Crippen molar-refractivity contribution in [3.63, 3.8) is 0 Å². The Morgan fingerprint density at radius 1 is 1.52 bits per heavy atom. The number of thiazole rings is 1. The van der Waals surface area contributed by atoms with Crippen molar-refractivity contribution in [2.45, 2.75) is 33.1 Å². The van der Waals surface area contributed by atoms with Gasteiger partial charge in [-0.3, -0.25) is 4.79 Å². The fourth-order valence-electron chi connectivity index (χ4n) is 2.06. The zero-order chi connectivity index (χ0) is 15.1. The van der Waals surface area contributed by atoms with Crippen molar-refractivity contribution in [2.75, 3.05) is 31.2 Å². The van der Waals surface area contributed by atoms with E-state index in [1.165, 1.54) is 0 Å². The zero-order valence-corrected chi connectivity index (χ0v) is 13.4. The lowest BCUT2D eigenvalue weighted by molar-refractivity contribution is -0.120. The first-order valence-electron chi connectivity index (χ1n) is 7.28. The number of morpholine rings is 1. The van der Waals surface area contributed by atoms with Crippen molar-refractivity contribution < 1.29 is 9.53 Å². The standard InChI is InChI=1S/C14H22N4O2S/c1-3-4-11(2)16-17-13(19)9-12-10-21-14(15-12)18-5-7-20-8-6-18/h10H,3-9H2,1-2H3,(H,17,19)/b16-11-. The Bertz CT molecular complexity index is 495. The highest BCUT2D eigenvalue weighted by molar-refractivity contribution is 7.13. The average molecular weight is 310 g/mol. The maximum absolute atomic E-state index is 11.8. The van der Waals surface area contributed by atoms with E-state index in [9.17, 15) is 4.79 Å². The molecule has 1 saturated heterocycles. The molecule has 1 N–H and O–H groups in total. The van der Waals surface area contributed by atoms with Crippen molar-refractivity contribution in [2.24, 2.45) is 5.10 Å². The Morgan fingerprint density at radius 2 is 2.29 bits per heavy atom. The van der Waals surface area contributed by atoms with Gasteiger partial charge in [0, 0.05) is 24.2 Å². The molecule has 0 unspecified atom stereocenters. The number of ether oxygens (including phenoxy) is 1. The van der Waals surface area contributed by atoms with Gasteiger partial charge in [-0.05, 0) is 13.3 Å². The predicted molar refractivity (Wildman–Crippen MR) is 85.0 cm³/mol. The van der Waals surface area contributed by atoms with Crippen LogP contribution in [-0.4, -0.2) is 42.9 Å². The molecule has 0 saturated carbocycles. The molecule has 1 aromatic heterocycles. The van der Waals surface area contributed by atoms with Gasteiger partial charge in [-0.1, -0.05) is 13.3 Å². The van der Waals surface area contributed by atoms with E-state index >= 15 is 0 Å². The van der Waals surface area contributed by atoms with Crippen LogP contribution in [-0.2, 0) is 16.0 Å². The molecule has 0 bridgehead atoms. The molecule has 1 fully saturated rings. The fourth-order valence-corrected chi connectivity index (χ4v) is 2.94.